The molecule has 0 aliphatic rings. The van der Waals surface area contributed by atoms with Crippen molar-refractivity contribution in [2.45, 2.75) is 6.61 Å². The van der Waals surface area contributed by atoms with Crippen molar-refractivity contribution in [2.24, 2.45) is 5.10 Å². The Morgan fingerprint density at radius 1 is 1.03 bits per heavy atom. The lowest BCUT2D eigenvalue weighted by atomic mass is 10.2. The summed E-state index contributed by atoms with van der Waals surface area (Å²) in [7, 11) is 0. The number of benzene rings is 3. The highest BCUT2D eigenvalue weighted by Gasteiger charge is 2.11. The molecule has 0 fully saturated rings. The fraction of sp³-hybridized carbons (Fsp3) is 0.0476. The van der Waals surface area contributed by atoms with Crippen molar-refractivity contribution in [2.75, 3.05) is 0 Å². The van der Waals surface area contributed by atoms with Crippen LogP contribution in [0.2, 0.25) is 10.0 Å². The minimum atomic E-state index is -0.427. The van der Waals surface area contributed by atoms with E-state index in [1.807, 2.05) is 42.5 Å². The molecule has 0 aliphatic heterocycles. The van der Waals surface area contributed by atoms with Crippen LogP contribution in [0.4, 0.5) is 0 Å². The van der Waals surface area contributed by atoms with Crippen LogP contribution in [-0.4, -0.2) is 12.1 Å². The van der Waals surface area contributed by atoms with E-state index in [0.29, 0.717) is 22.9 Å². The molecule has 0 saturated carbocycles. The summed E-state index contributed by atoms with van der Waals surface area (Å²) < 4.78 is 7.42. The first-order chi connectivity index (χ1) is 13.9. The second-order valence-corrected chi connectivity index (χ2v) is 8.46. The average Bonchev–Trinajstić information content (AvgIpc) is 2.68. The lowest BCUT2D eigenvalue weighted by Gasteiger charge is -2.11. The molecule has 0 aromatic heterocycles. The number of hydrogen-bond acceptors (Lipinski definition) is 3. The zero-order chi connectivity index (χ0) is 20.8. The van der Waals surface area contributed by atoms with Crippen molar-refractivity contribution in [1.82, 2.24) is 5.43 Å². The van der Waals surface area contributed by atoms with Gasteiger partial charge in [-0.3, -0.25) is 4.79 Å². The van der Waals surface area contributed by atoms with Crippen molar-refractivity contribution in [3.63, 3.8) is 0 Å². The molecule has 3 aromatic rings. The van der Waals surface area contributed by atoms with E-state index in [9.17, 15) is 4.79 Å². The van der Waals surface area contributed by atoms with E-state index in [4.69, 9.17) is 27.9 Å². The van der Waals surface area contributed by atoms with Gasteiger partial charge in [-0.1, -0.05) is 53.5 Å². The third kappa shape index (κ3) is 6.06. The Balaban J connectivity index is 1.66. The summed E-state index contributed by atoms with van der Waals surface area (Å²) in [5.74, 6) is 0.256. The first-order valence-electron chi connectivity index (χ1n) is 8.38. The maximum atomic E-state index is 12.2. The van der Waals surface area contributed by atoms with Crippen LogP contribution in [0.5, 0.6) is 5.75 Å². The van der Waals surface area contributed by atoms with Gasteiger partial charge in [-0.15, -0.1) is 0 Å². The highest BCUT2D eigenvalue weighted by atomic mass is 79.9. The van der Waals surface area contributed by atoms with E-state index in [1.165, 1.54) is 12.3 Å². The van der Waals surface area contributed by atoms with Gasteiger partial charge in [-0.2, -0.15) is 5.10 Å². The van der Waals surface area contributed by atoms with Gasteiger partial charge in [-0.25, -0.2) is 5.43 Å². The van der Waals surface area contributed by atoms with Crippen molar-refractivity contribution in [3.8, 4) is 5.75 Å². The van der Waals surface area contributed by atoms with Crippen molar-refractivity contribution in [1.29, 1.82) is 0 Å². The molecular weight excluding hydrogens is 543 g/mol. The molecule has 0 spiro atoms. The normalized spacial score (nSPS) is 10.9. The quantitative estimate of drug-likeness (QED) is 0.266. The monoisotopic (exact) mass is 554 g/mol. The Morgan fingerprint density at radius 3 is 2.38 bits per heavy atom. The summed E-state index contributed by atoms with van der Waals surface area (Å²) in [6.45, 7) is 0.448. The molecule has 0 bridgehead atoms. The molecule has 1 N–H and O–H groups in total. The maximum Gasteiger partial charge on any atom is 0.272 e. The van der Waals surface area contributed by atoms with E-state index in [-0.39, 0.29) is 5.02 Å². The van der Waals surface area contributed by atoms with Gasteiger partial charge in [-0.05, 0) is 73.3 Å². The molecule has 0 saturated heterocycles. The SMILES string of the molecule is O=C(NN=Cc1cc(Br)c(OCc2ccccc2)c(Br)c1)c1ccc(Cl)cc1Cl. The predicted octanol–water partition coefficient (Wildman–Crippen LogP) is 6.86. The number of hydrogen-bond donors (Lipinski definition) is 1. The zero-order valence-corrected chi connectivity index (χ0v) is 19.5. The summed E-state index contributed by atoms with van der Waals surface area (Å²) >= 11 is 18.9. The van der Waals surface area contributed by atoms with Crippen LogP contribution in [0.1, 0.15) is 21.5 Å². The summed E-state index contributed by atoms with van der Waals surface area (Å²) in [4.78, 5) is 12.2. The second kappa shape index (κ2) is 10.3. The van der Waals surface area contributed by atoms with Crippen molar-refractivity contribution in [3.05, 3.63) is 96.3 Å². The fourth-order valence-electron chi connectivity index (χ4n) is 2.42. The summed E-state index contributed by atoms with van der Waals surface area (Å²) in [6.07, 6.45) is 1.53. The van der Waals surface area contributed by atoms with Gasteiger partial charge in [0.1, 0.15) is 12.4 Å². The van der Waals surface area contributed by atoms with Crippen molar-refractivity contribution < 1.29 is 9.53 Å². The minimum absolute atomic E-state index is 0.260. The summed E-state index contributed by atoms with van der Waals surface area (Å²) in [5, 5.41) is 4.71. The largest absolute Gasteiger partial charge is 0.487 e. The smallest absolute Gasteiger partial charge is 0.272 e. The van der Waals surface area contributed by atoms with Gasteiger partial charge in [0, 0.05) is 5.02 Å². The highest BCUT2D eigenvalue weighted by Crippen LogP contribution is 2.35. The van der Waals surface area contributed by atoms with Crippen LogP contribution >= 0.6 is 55.1 Å². The third-order valence-electron chi connectivity index (χ3n) is 3.80. The molecule has 29 heavy (non-hydrogen) atoms. The Labute approximate surface area is 195 Å². The lowest BCUT2D eigenvalue weighted by Crippen LogP contribution is -2.18. The van der Waals surface area contributed by atoms with Gasteiger partial charge < -0.3 is 4.74 Å². The number of carbonyl (C=O) groups excluding carboxylic acids is 1. The van der Waals surface area contributed by atoms with Gasteiger partial charge in [0.15, 0.2) is 0 Å². The molecule has 148 valence electrons. The average molecular weight is 557 g/mol. The number of rotatable bonds is 6. The number of amides is 1. The topological polar surface area (TPSA) is 50.7 Å². The van der Waals surface area contributed by atoms with Crippen LogP contribution in [0, 0.1) is 0 Å². The number of hydrazone groups is 1. The van der Waals surface area contributed by atoms with Gasteiger partial charge in [0.2, 0.25) is 0 Å². The molecule has 4 nitrogen and oxygen atoms in total. The predicted molar refractivity (Wildman–Crippen MR) is 124 cm³/mol. The standard InChI is InChI=1S/C21H14Br2Cl2N2O2/c22-17-8-14(9-18(23)20(17)29-12-13-4-2-1-3-5-13)11-26-27-21(28)16-7-6-15(24)10-19(16)25/h1-11H,12H2,(H,27,28). The highest BCUT2D eigenvalue weighted by molar-refractivity contribution is 9.11. The molecule has 3 aromatic carbocycles. The first kappa shape index (κ1) is 21.8. The van der Waals surface area contributed by atoms with E-state index < -0.39 is 5.91 Å². The molecule has 0 unspecified atom stereocenters. The molecule has 0 aliphatic carbocycles. The number of nitrogens with one attached hydrogen (secondary N) is 1. The fourth-order valence-corrected chi connectivity index (χ4v) is 4.37. The van der Waals surface area contributed by atoms with Crippen LogP contribution < -0.4 is 10.2 Å². The van der Waals surface area contributed by atoms with Gasteiger partial charge in [0.25, 0.3) is 5.91 Å². The summed E-state index contributed by atoms with van der Waals surface area (Å²) in [5.41, 5.74) is 4.57. The number of ether oxygens (including phenoxy) is 1. The Morgan fingerprint density at radius 2 is 1.72 bits per heavy atom. The van der Waals surface area contributed by atoms with E-state index in [1.54, 1.807) is 12.1 Å². The van der Waals surface area contributed by atoms with Gasteiger partial charge in [0.05, 0.1) is 25.7 Å². The molecule has 0 atom stereocenters. The van der Waals surface area contributed by atoms with E-state index in [0.717, 1.165) is 20.1 Å². The molecular formula is C21H14Br2Cl2N2O2. The maximum absolute atomic E-state index is 12.2. The molecule has 0 heterocycles. The third-order valence-corrected chi connectivity index (χ3v) is 5.53. The number of carbonyl (C=O) groups is 1. The second-order valence-electron chi connectivity index (χ2n) is 5.91. The molecule has 0 radical (unpaired) electrons. The van der Waals surface area contributed by atoms with E-state index >= 15 is 0 Å². The minimum Gasteiger partial charge on any atom is -0.487 e. The zero-order valence-electron chi connectivity index (χ0n) is 14.8. The Kier molecular flexibility index (Phi) is 7.72. The van der Waals surface area contributed by atoms with Gasteiger partial charge >= 0.3 is 0 Å². The first-order valence-corrected chi connectivity index (χ1v) is 10.7. The molecule has 8 heteroatoms. The summed E-state index contributed by atoms with van der Waals surface area (Å²) in [6, 6.07) is 18.2. The lowest BCUT2D eigenvalue weighted by molar-refractivity contribution is 0.0955. The molecule has 3 rings (SSSR count). The Bertz CT molecular complexity index is 1040. The van der Waals surface area contributed by atoms with E-state index in [2.05, 4.69) is 42.4 Å². The van der Waals surface area contributed by atoms with Crippen LogP contribution in [-0.2, 0) is 6.61 Å². The Hall–Kier alpha value is -1.86. The van der Waals surface area contributed by atoms with Crippen LogP contribution in [0.3, 0.4) is 0 Å². The number of nitrogens with zero attached hydrogens (tertiary/aromatic N) is 1. The van der Waals surface area contributed by atoms with Crippen molar-refractivity contribution >= 4 is 67.2 Å². The molecule has 1 amide bonds. The van der Waals surface area contributed by atoms with Crippen LogP contribution in [0.25, 0.3) is 0 Å². The van der Waals surface area contributed by atoms with Crippen LogP contribution in [0.15, 0.2) is 74.7 Å². The number of halogens is 4.